The van der Waals surface area contributed by atoms with Crippen molar-refractivity contribution in [3.05, 3.63) is 81.6 Å². The fourth-order valence-corrected chi connectivity index (χ4v) is 4.25. The van der Waals surface area contributed by atoms with Gasteiger partial charge in [-0.2, -0.15) is 9.94 Å². The second-order valence-corrected chi connectivity index (χ2v) is 8.19. The van der Waals surface area contributed by atoms with Gasteiger partial charge in [0.25, 0.3) is 0 Å². The molecule has 0 spiro atoms. The number of nitrogens with zero attached hydrogens (tertiary/aromatic N) is 6. The van der Waals surface area contributed by atoms with Crippen molar-refractivity contribution in [2.24, 2.45) is 4.99 Å². The van der Waals surface area contributed by atoms with Crippen LogP contribution in [0.3, 0.4) is 0 Å². The molecular weight excluding hydrogens is 430 g/mol. The summed E-state index contributed by atoms with van der Waals surface area (Å²) in [5, 5.41) is 13.3. The fraction of sp³-hybridized carbons (Fsp3) is 0.261. The van der Waals surface area contributed by atoms with E-state index < -0.39 is 23.3 Å². The van der Waals surface area contributed by atoms with Crippen molar-refractivity contribution in [1.29, 1.82) is 5.26 Å². The molecule has 0 amide bonds. The van der Waals surface area contributed by atoms with Crippen LogP contribution in [0.15, 0.2) is 51.1 Å². The van der Waals surface area contributed by atoms with E-state index in [1.54, 1.807) is 11.0 Å². The van der Waals surface area contributed by atoms with E-state index in [4.69, 9.17) is 9.68 Å². The first kappa shape index (κ1) is 20.8. The van der Waals surface area contributed by atoms with Gasteiger partial charge in [-0.25, -0.2) is 23.6 Å². The van der Waals surface area contributed by atoms with Crippen LogP contribution in [0, 0.1) is 24.1 Å². The van der Waals surface area contributed by atoms with Crippen LogP contribution >= 0.6 is 0 Å². The molecule has 2 aliphatic rings. The normalized spacial score (nSPS) is 21.5. The second kappa shape index (κ2) is 7.48. The van der Waals surface area contributed by atoms with Gasteiger partial charge in [-0.05, 0) is 36.2 Å². The molecule has 0 radical (unpaired) electrons. The predicted octanol–water partition coefficient (Wildman–Crippen LogP) is 3.90. The highest BCUT2D eigenvalue weighted by Gasteiger charge is 2.48. The Balaban J connectivity index is 1.32. The summed E-state index contributed by atoms with van der Waals surface area (Å²) in [6, 6.07) is 8.45. The van der Waals surface area contributed by atoms with Crippen LogP contribution in [0.1, 0.15) is 47.2 Å². The van der Waals surface area contributed by atoms with Gasteiger partial charge < -0.3 is 9.32 Å². The van der Waals surface area contributed by atoms with Crippen molar-refractivity contribution in [3.63, 3.8) is 0 Å². The van der Waals surface area contributed by atoms with Crippen LogP contribution in [-0.4, -0.2) is 26.0 Å². The summed E-state index contributed by atoms with van der Waals surface area (Å²) in [7, 11) is 0. The van der Waals surface area contributed by atoms with E-state index in [1.165, 1.54) is 30.6 Å². The number of benzene rings is 1. The highest BCUT2D eigenvalue weighted by molar-refractivity contribution is 5.86. The second-order valence-electron chi connectivity index (χ2n) is 8.19. The Hall–Kier alpha value is -4.13. The Kier molecular flexibility index (Phi) is 4.70. The maximum atomic E-state index is 15.1. The zero-order valence-corrected chi connectivity index (χ0v) is 17.6. The number of hydrogen-bond donors (Lipinski definition) is 0. The maximum Gasteiger partial charge on any atom is 0.437 e. The summed E-state index contributed by atoms with van der Waals surface area (Å²) < 4.78 is 34.7. The standard InChI is InChI=1S/C23H18F2N6O2/c1-13-7-17(10-26)28-21-20(13)14(2)30(12-27-21)11-19-29-31(22(32)33-19)18-8-23(25,9-18)15-3-5-16(24)6-4-15/h3-7,12,18H,2,8-9,11H2,1H3. The van der Waals surface area contributed by atoms with Crippen molar-refractivity contribution in [2.45, 2.75) is 38.0 Å². The molecule has 1 aliphatic carbocycles. The average molecular weight is 448 g/mol. The predicted molar refractivity (Wildman–Crippen MR) is 115 cm³/mol. The molecule has 0 unspecified atom stereocenters. The van der Waals surface area contributed by atoms with E-state index in [0.717, 1.165) is 10.2 Å². The lowest BCUT2D eigenvalue weighted by molar-refractivity contribution is 0.00174. The van der Waals surface area contributed by atoms with E-state index in [2.05, 4.69) is 21.7 Å². The van der Waals surface area contributed by atoms with Crippen molar-refractivity contribution in [3.8, 4) is 6.07 Å². The molecule has 33 heavy (non-hydrogen) atoms. The van der Waals surface area contributed by atoms with Gasteiger partial charge in [0.15, 0.2) is 5.82 Å². The number of rotatable bonds is 4. The van der Waals surface area contributed by atoms with Gasteiger partial charge in [0.1, 0.15) is 29.8 Å². The molecule has 1 fully saturated rings. The number of halogens is 2. The number of aliphatic imine (C=N–C) groups is 1. The van der Waals surface area contributed by atoms with Gasteiger partial charge in [0.05, 0.1) is 12.4 Å². The van der Waals surface area contributed by atoms with Gasteiger partial charge in [0.2, 0.25) is 5.89 Å². The lowest BCUT2D eigenvalue weighted by Gasteiger charge is -2.40. The zero-order chi connectivity index (χ0) is 23.3. The van der Waals surface area contributed by atoms with Crippen LogP contribution in [0.4, 0.5) is 14.6 Å². The van der Waals surface area contributed by atoms with E-state index in [-0.39, 0.29) is 31.0 Å². The molecule has 2 aromatic heterocycles. The van der Waals surface area contributed by atoms with Gasteiger partial charge >= 0.3 is 5.76 Å². The Morgan fingerprint density at radius 3 is 2.76 bits per heavy atom. The van der Waals surface area contributed by atoms with Crippen LogP contribution in [0.2, 0.25) is 0 Å². The van der Waals surface area contributed by atoms with Crippen molar-refractivity contribution < 1.29 is 13.2 Å². The molecule has 8 nitrogen and oxygen atoms in total. The number of hydrogen-bond acceptors (Lipinski definition) is 7. The van der Waals surface area contributed by atoms with E-state index in [1.807, 2.05) is 13.0 Å². The van der Waals surface area contributed by atoms with E-state index in [9.17, 15) is 9.18 Å². The molecule has 0 saturated heterocycles. The third-order valence-corrected chi connectivity index (χ3v) is 6.01. The highest BCUT2D eigenvalue weighted by atomic mass is 19.1. The highest BCUT2D eigenvalue weighted by Crippen LogP contribution is 2.50. The maximum absolute atomic E-state index is 15.1. The summed E-state index contributed by atoms with van der Waals surface area (Å²) in [4.78, 5) is 22.5. The first-order valence-corrected chi connectivity index (χ1v) is 10.2. The lowest BCUT2D eigenvalue weighted by atomic mass is 9.73. The van der Waals surface area contributed by atoms with Gasteiger partial charge in [-0.1, -0.05) is 18.7 Å². The Labute approximate surface area is 187 Å². The number of aryl methyl sites for hydroxylation is 1. The Bertz CT molecular complexity index is 1390. The molecule has 1 aromatic carbocycles. The minimum absolute atomic E-state index is 0.0435. The molecule has 1 saturated carbocycles. The molecular formula is C23H18F2N6O2. The van der Waals surface area contributed by atoms with Crippen molar-refractivity contribution in [1.82, 2.24) is 19.7 Å². The molecule has 0 atom stereocenters. The van der Waals surface area contributed by atoms with Crippen LogP contribution < -0.4 is 5.76 Å². The van der Waals surface area contributed by atoms with Gasteiger partial charge in [-0.15, -0.1) is 5.10 Å². The number of aromatic nitrogens is 3. The smallest absolute Gasteiger partial charge is 0.390 e. The van der Waals surface area contributed by atoms with Gasteiger partial charge in [-0.3, -0.25) is 0 Å². The summed E-state index contributed by atoms with van der Waals surface area (Å²) in [6.45, 7) is 6.01. The minimum atomic E-state index is -1.64. The summed E-state index contributed by atoms with van der Waals surface area (Å²) in [5.41, 5.74) is 1.07. The van der Waals surface area contributed by atoms with Crippen LogP contribution in [0.5, 0.6) is 0 Å². The molecule has 5 rings (SSSR count). The number of fused-ring (bicyclic) bond motifs is 1. The Morgan fingerprint density at radius 1 is 1.33 bits per heavy atom. The monoisotopic (exact) mass is 448 g/mol. The van der Waals surface area contributed by atoms with E-state index in [0.29, 0.717) is 22.6 Å². The quantitative estimate of drug-likeness (QED) is 0.600. The third-order valence-electron chi connectivity index (χ3n) is 6.01. The molecule has 0 bridgehead atoms. The zero-order valence-electron chi connectivity index (χ0n) is 17.6. The third kappa shape index (κ3) is 3.51. The SMILES string of the molecule is C=C1c2c(C)cc(C#N)nc2N=CN1Cc1nn(C2CC(F)(c3ccc(F)cc3)C2)c(=O)o1. The molecule has 166 valence electrons. The molecule has 10 heteroatoms. The largest absolute Gasteiger partial charge is 0.437 e. The number of pyridine rings is 1. The topological polar surface area (TPSA) is 100 Å². The minimum Gasteiger partial charge on any atom is -0.390 e. The molecule has 3 heterocycles. The number of nitriles is 1. The Morgan fingerprint density at radius 2 is 2.06 bits per heavy atom. The summed E-state index contributed by atoms with van der Waals surface area (Å²) in [5.74, 6) is -0.576. The van der Waals surface area contributed by atoms with Crippen LogP contribution in [0.25, 0.3) is 5.70 Å². The molecule has 0 N–H and O–H groups in total. The van der Waals surface area contributed by atoms with Crippen molar-refractivity contribution >= 4 is 17.9 Å². The van der Waals surface area contributed by atoms with Crippen LogP contribution in [-0.2, 0) is 12.2 Å². The summed E-state index contributed by atoms with van der Waals surface area (Å²) in [6.07, 6.45) is 1.57. The van der Waals surface area contributed by atoms with Gasteiger partial charge in [0, 0.05) is 24.1 Å². The summed E-state index contributed by atoms with van der Waals surface area (Å²) >= 11 is 0. The lowest BCUT2D eigenvalue weighted by Crippen LogP contribution is -2.41. The fourth-order valence-electron chi connectivity index (χ4n) is 4.25. The first-order valence-electron chi connectivity index (χ1n) is 10.2. The van der Waals surface area contributed by atoms with E-state index >= 15 is 4.39 Å². The average Bonchev–Trinajstić information content (AvgIpc) is 3.13. The first-order chi connectivity index (χ1) is 15.8. The molecule has 1 aliphatic heterocycles. The number of alkyl halides is 1. The molecule has 3 aromatic rings. The van der Waals surface area contributed by atoms with Crippen molar-refractivity contribution in [2.75, 3.05) is 0 Å².